The van der Waals surface area contributed by atoms with Gasteiger partial charge in [-0.05, 0) is 37.3 Å². The van der Waals surface area contributed by atoms with E-state index in [4.69, 9.17) is 13.3 Å². The molecular formula is C22H20N4O5S. The number of aryl methyl sites for hydroxylation is 1. The van der Waals surface area contributed by atoms with Gasteiger partial charge in [0.25, 0.3) is 17.0 Å². The van der Waals surface area contributed by atoms with Crippen molar-refractivity contribution >= 4 is 29.3 Å². The number of nitrogens with zero attached hydrogens (tertiary/aromatic N) is 3. The van der Waals surface area contributed by atoms with Gasteiger partial charge in [0.05, 0.1) is 41.6 Å². The zero-order valence-electron chi connectivity index (χ0n) is 17.4. The molecule has 2 amide bonds. The number of aromatic nitrogens is 2. The summed E-state index contributed by atoms with van der Waals surface area (Å²) in [5, 5.41) is 11.0. The number of para-hydroxylation sites is 1. The van der Waals surface area contributed by atoms with Crippen molar-refractivity contribution in [3.05, 3.63) is 72.1 Å². The van der Waals surface area contributed by atoms with Crippen molar-refractivity contribution in [2.75, 3.05) is 17.7 Å². The van der Waals surface area contributed by atoms with E-state index in [2.05, 4.69) is 15.5 Å². The molecular weight excluding hydrogens is 432 g/mol. The van der Waals surface area contributed by atoms with Crippen molar-refractivity contribution in [3.63, 3.8) is 0 Å². The van der Waals surface area contributed by atoms with Crippen molar-refractivity contribution < 1.29 is 22.8 Å². The van der Waals surface area contributed by atoms with Gasteiger partial charge >= 0.3 is 0 Å². The van der Waals surface area contributed by atoms with E-state index < -0.39 is 0 Å². The van der Waals surface area contributed by atoms with Gasteiger partial charge < -0.3 is 23.5 Å². The molecule has 10 heteroatoms. The summed E-state index contributed by atoms with van der Waals surface area (Å²) in [7, 11) is 1.62. The first-order valence-corrected chi connectivity index (χ1v) is 10.7. The van der Waals surface area contributed by atoms with Gasteiger partial charge in [0.15, 0.2) is 0 Å². The minimum Gasteiger partial charge on any atom is -0.469 e. The van der Waals surface area contributed by atoms with Crippen LogP contribution >= 0.6 is 11.8 Å². The second-order valence-corrected chi connectivity index (χ2v) is 7.71. The highest BCUT2D eigenvalue weighted by atomic mass is 32.2. The Bertz CT molecular complexity index is 1210. The lowest BCUT2D eigenvalue weighted by Gasteiger charge is -2.20. The maximum absolute atomic E-state index is 12.8. The number of nitrogens with one attached hydrogen (secondary N) is 1. The molecule has 32 heavy (non-hydrogen) atoms. The number of thioether (sulfide) groups is 1. The Kier molecular flexibility index (Phi) is 6.41. The van der Waals surface area contributed by atoms with Crippen LogP contribution < -0.4 is 10.2 Å². The van der Waals surface area contributed by atoms with Crippen molar-refractivity contribution in [3.8, 4) is 11.5 Å². The first-order chi connectivity index (χ1) is 15.5. The van der Waals surface area contributed by atoms with Crippen molar-refractivity contribution in [2.24, 2.45) is 0 Å². The highest BCUT2D eigenvalue weighted by Crippen LogP contribution is 2.27. The summed E-state index contributed by atoms with van der Waals surface area (Å²) < 4.78 is 16.1. The first kappa shape index (κ1) is 21.4. The number of hydrogen-bond acceptors (Lipinski definition) is 8. The molecule has 3 aromatic heterocycles. The van der Waals surface area contributed by atoms with E-state index in [1.54, 1.807) is 69.0 Å². The molecule has 4 aromatic rings. The van der Waals surface area contributed by atoms with Gasteiger partial charge in [0.1, 0.15) is 11.5 Å². The summed E-state index contributed by atoms with van der Waals surface area (Å²) in [6.45, 7) is 2.05. The maximum atomic E-state index is 12.8. The third-order valence-electron chi connectivity index (χ3n) is 4.70. The van der Waals surface area contributed by atoms with Gasteiger partial charge in [0.2, 0.25) is 5.91 Å². The summed E-state index contributed by atoms with van der Waals surface area (Å²) >= 11 is 1.12. The Labute approximate surface area is 187 Å². The summed E-state index contributed by atoms with van der Waals surface area (Å²) in [6, 6.07) is 12.2. The van der Waals surface area contributed by atoms with Crippen molar-refractivity contribution in [1.29, 1.82) is 0 Å². The zero-order chi connectivity index (χ0) is 22.5. The van der Waals surface area contributed by atoms with Crippen LogP contribution in [0.2, 0.25) is 0 Å². The van der Waals surface area contributed by atoms with Crippen LogP contribution in [0.3, 0.4) is 0 Å². The average Bonchev–Trinajstić information content (AvgIpc) is 3.57. The molecule has 1 aromatic carbocycles. The molecule has 3 heterocycles. The van der Waals surface area contributed by atoms with Crippen LogP contribution in [0, 0.1) is 6.92 Å². The number of benzene rings is 1. The normalized spacial score (nSPS) is 10.8. The molecule has 1 N–H and O–H groups in total. The Morgan fingerprint density at radius 1 is 1.06 bits per heavy atom. The average molecular weight is 452 g/mol. The standard InChI is InChI=1S/C22H20N4O5S/c1-14-16(9-11-29-14)21-24-25-22(31-21)32-13-19(27)26(2)18-8-4-3-7-17(18)20(28)23-12-15-6-5-10-30-15/h3-11H,12-13H2,1-2H3,(H,23,28). The molecule has 0 saturated heterocycles. The second-order valence-electron chi connectivity index (χ2n) is 6.78. The van der Waals surface area contributed by atoms with Gasteiger partial charge in [-0.2, -0.15) is 0 Å². The summed E-state index contributed by atoms with van der Waals surface area (Å²) in [5.41, 5.74) is 1.59. The molecule has 0 radical (unpaired) electrons. The van der Waals surface area contributed by atoms with Crippen LogP contribution in [0.4, 0.5) is 5.69 Å². The Morgan fingerprint density at radius 2 is 1.91 bits per heavy atom. The number of hydrogen-bond donors (Lipinski definition) is 1. The quantitative estimate of drug-likeness (QED) is 0.400. The Hall–Kier alpha value is -3.79. The number of anilines is 1. The molecule has 0 aliphatic heterocycles. The molecule has 0 aliphatic carbocycles. The number of carbonyl (C=O) groups excluding carboxylic acids is 2. The third-order valence-corrected chi connectivity index (χ3v) is 5.51. The monoisotopic (exact) mass is 452 g/mol. The fraction of sp³-hybridized carbons (Fsp3) is 0.182. The lowest BCUT2D eigenvalue weighted by Crippen LogP contribution is -2.31. The summed E-state index contributed by atoms with van der Waals surface area (Å²) in [4.78, 5) is 26.9. The van der Waals surface area contributed by atoms with Crippen molar-refractivity contribution in [2.45, 2.75) is 18.7 Å². The van der Waals surface area contributed by atoms with Gasteiger partial charge in [-0.1, -0.05) is 23.9 Å². The van der Waals surface area contributed by atoms with Gasteiger partial charge in [-0.15, -0.1) is 10.2 Å². The van der Waals surface area contributed by atoms with E-state index in [-0.39, 0.29) is 29.3 Å². The number of furan rings is 2. The number of carbonyl (C=O) groups is 2. The smallest absolute Gasteiger partial charge is 0.277 e. The van der Waals surface area contributed by atoms with Crippen LogP contribution in [0.5, 0.6) is 0 Å². The molecule has 0 aliphatic rings. The van der Waals surface area contributed by atoms with E-state index in [0.29, 0.717) is 34.2 Å². The first-order valence-electron chi connectivity index (χ1n) is 9.70. The Balaban J connectivity index is 1.39. The predicted octanol–water partition coefficient (Wildman–Crippen LogP) is 3.92. The SMILES string of the molecule is Cc1occc1-c1nnc(SCC(=O)N(C)c2ccccc2C(=O)NCc2ccco2)o1. The van der Waals surface area contributed by atoms with E-state index in [1.165, 1.54) is 4.90 Å². The molecule has 0 atom stereocenters. The van der Waals surface area contributed by atoms with E-state index in [9.17, 15) is 9.59 Å². The molecule has 164 valence electrons. The topological polar surface area (TPSA) is 115 Å². The lowest BCUT2D eigenvalue weighted by atomic mass is 10.1. The summed E-state index contributed by atoms with van der Waals surface area (Å²) in [5.74, 6) is 1.18. The fourth-order valence-electron chi connectivity index (χ4n) is 2.97. The molecule has 0 fully saturated rings. The van der Waals surface area contributed by atoms with E-state index in [1.807, 2.05) is 0 Å². The van der Waals surface area contributed by atoms with Crippen LogP contribution in [0.1, 0.15) is 21.9 Å². The van der Waals surface area contributed by atoms with E-state index in [0.717, 1.165) is 11.8 Å². The zero-order valence-corrected chi connectivity index (χ0v) is 18.2. The number of amides is 2. The minimum absolute atomic E-state index is 0.0604. The van der Waals surface area contributed by atoms with Crippen LogP contribution in [-0.2, 0) is 11.3 Å². The Morgan fingerprint density at radius 3 is 2.66 bits per heavy atom. The molecule has 9 nitrogen and oxygen atoms in total. The van der Waals surface area contributed by atoms with Crippen LogP contribution in [0.15, 0.2) is 73.5 Å². The van der Waals surface area contributed by atoms with Gasteiger partial charge in [0, 0.05) is 7.05 Å². The van der Waals surface area contributed by atoms with Gasteiger partial charge in [-0.3, -0.25) is 9.59 Å². The molecule has 0 unspecified atom stereocenters. The van der Waals surface area contributed by atoms with Crippen molar-refractivity contribution in [1.82, 2.24) is 15.5 Å². The summed E-state index contributed by atoms with van der Waals surface area (Å²) in [6.07, 6.45) is 3.09. The second kappa shape index (κ2) is 9.56. The lowest BCUT2D eigenvalue weighted by molar-refractivity contribution is -0.115. The maximum Gasteiger partial charge on any atom is 0.277 e. The highest BCUT2D eigenvalue weighted by Gasteiger charge is 2.20. The number of rotatable bonds is 8. The molecule has 0 spiro atoms. The molecule has 0 bridgehead atoms. The molecule has 4 rings (SSSR count). The largest absolute Gasteiger partial charge is 0.469 e. The van der Waals surface area contributed by atoms with E-state index >= 15 is 0 Å². The van der Waals surface area contributed by atoms with Gasteiger partial charge in [-0.25, -0.2) is 0 Å². The molecule has 0 saturated carbocycles. The fourth-order valence-corrected chi connectivity index (χ4v) is 3.65. The third kappa shape index (κ3) is 4.75. The van der Waals surface area contributed by atoms with Crippen LogP contribution in [0.25, 0.3) is 11.5 Å². The minimum atomic E-state index is -0.304. The highest BCUT2D eigenvalue weighted by molar-refractivity contribution is 7.99. The predicted molar refractivity (Wildman–Crippen MR) is 117 cm³/mol. The van der Waals surface area contributed by atoms with Crippen LogP contribution in [-0.4, -0.2) is 34.8 Å².